The van der Waals surface area contributed by atoms with Gasteiger partial charge in [0.1, 0.15) is 18.7 Å². The Morgan fingerprint density at radius 2 is 1.97 bits per heavy atom. The van der Waals surface area contributed by atoms with Crippen molar-refractivity contribution in [3.05, 3.63) is 65.5 Å². The number of aromatic nitrogens is 3. The van der Waals surface area contributed by atoms with E-state index in [2.05, 4.69) is 62.0 Å². The van der Waals surface area contributed by atoms with Crippen LogP contribution in [0.15, 0.2) is 53.8 Å². The Morgan fingerprint density at radius 3 is 2.74 bits per heavy atom. The monoisotopic (exact) mass is 422 g/mol. The molecule has 0 atom stereocenters. The molecule has 0 fully saturated rings. The average Bonchev–Trinajstić information content (AvgIpc) is 3.33. The molecule has 31 heavy (non-hydrogen) atoms. The lowest BCUT2D eigenvalue weighted by Gasteiger charge is -2.16. The Hall–Kier alpha value is -3.39. The van der Waals surface area contributed by atoms with E-state index < -0.39 is 0 Å². The van der Waals surface area contributed by atoms with Crippen molar-refractivity contribution in [1.29, 1.82) is 0 Å². The van der Waals surface area contributed by atoms with Gasteiger partial charge in [0.2, 0.25) is 0 Å². The number of hydrogen-bond acceptors (Lipinski definition) is 5. The van der Waals surface area contributed by atoms with Crippen molar-refractivity contribution in [2.24, 2.45) is 4.99 Å². The fourth-order valence-electron chi connectivity index (χ4n) is 3.06. The van der Waals surface area contributed by atoms with Gasteiger partial charge in [-0.05, 0) is 37.1 Å². The highest BCUT2D eigenvalue weighted by Crippen LogP contribution is 2.20. The van der Waals surface area contributed by atoms with E-state index in [0.29, 0.717) is 38.9 Å². The molecule has 1 heterocycles. The number of aryl methyl sites for hydroxylation is 1. The molecule has 0 spiro atoms. The SMILES string of the molecule is CCOCCOc1cc(C)ccc1CNC(=NC)NCc1cccc(-c2ncn[nH]2)c1. The molecular weight excluding hydrogens is 392 g/mol. The van der Waals surface area contributed by atoms with Gasteiger partial charge >= 0.3 is 0 Å². The number of nitrogens with zero attached hydrogens (tertiary/aromatic N) is 3. The number of ether oxygens (including phenoxy) is 2. The van der Waals surface area contributed by atoms with Gasteiger partial charge in [0, 0.05) is 37.9 Å². The molecule has 2 aromatic carbocycles. The summed E-state index contributed by atoms with van der Waals surface area (Å²) >= 11 is 0. The summed E-state index contributed by atoms with van der Waals surface area (Å²) in [5, 5.41) is 13.5. The zero-order chi connectivity index (χ0) is 21.9. The zero-order valence-corrected chi connectivity index (χ0v) is 18.3. The number of H-pyrrole nitrogens is 1. The van der Waals surface area contributed by atoms with Crippen molar-refractivity contribution in [3.63, 3.8) is 0 Å². The van der Waals surface area contributed by atoms with Gasteiger partial charge in [-0.1, -0.05) is 30.3 Å². The summed E-state index contributed by atoms with van der Waals surface area (Å²) in [4.78, 5) is 8.53. The lowest BCUT2D eigenvalue weighted by atomic mass is 10.1. The summed E-state index contributed by atoms with van der Waals surface area (Å²) in [7, 11) is 1.76. The van der Waals surface area contributed by atoms with E-state index in [-0.39, 0.29) is 0 Å². The maximum atomic E-state index is 5.92. The maximum Gasteiger partial charge on any atom is 0.191 e. The molecule has 0 radical (unpaired) electrons. The molecule has 8 nitrogen and oxygen atoms in total. The minimum atomic E-state index is 0.527. The Kier molecular flexibility index (Phi) is 8.42. The number of hydrogen-bond donors (Lipinski definition) is 3. The molecule has 0 aliphatic rings. The highest BCUT2D eigenvalue weighted by atomic mass is 16.5. The van der Waals surface area contributed by atoms with Crippen LogP contribution >= 0.6 is 0 Å². The quantitative estimate of drug-likeness (QED) is 0.264. The van der Waals surface area contributed by atoms with Crippen LogP contribution in [0.4, 0.5) is 0 Å². The molecular formula is C23H30N6O2. The second kappa shape index (κ2) is 11.7. The molecule has 8 heteroatoms. The molecule has 0 bridgehead atoms. The van der Waals surface area contributed by atoms with Gasteiger partial charge in [-0.3, -0.25) is 10.1 Å². The second-order valence-corrected chi connectivity index (χ2v) is 6.97. The van der Waals surface area contributed by atoms with Crippen LogP contribution in [0.3, 0.4) is 0 Å². The highest BCUT2D eigenvalue weighted by Gasteiger charge is 2.07. The number of nitrogens with one attached hydrogen (secondary N) is 3. The summed E-state index contributed by atoms with van der Waals surface area (Å²) in [6.45, 7) is 7.06. The summed E-state index contributed by atoms with van der Waals surface area (Å²) in [6, 6.07) is 14.3. The first-order valence-corrected chi connectivity index (χ1v) is 10.4. The van der Waals surface area contributed by atoms with Crippen LogP contribution in [0.1, 0.15) is 23.6 Å². The first-order chi connectivity index (χ1) is 15.2. The van der Waals surface area contributed by atoms with Crippen molar-refractivity contribution in [2.75, 3.05) is 26.9 Å². The summed E-state index contributed by atoms with van der Waals surface area (Å²) in [5.41, 5.74) is 4.34. The highest BCUT2D eigenvalue weighted by molar-refractivity contribution is 5.79. The smallest absolute Gasteiger partial charge is 0.191 e. The topological polar surface area (TPSA) is 96.5 Å². The van der Waals surface area contributed by atoms with E-state index in [1.165, 1.54) is 6.33 Å². The number of aliphatic imine (C=N–C) groups is 1. The molecule has 0 unspecified atom stereocenters. The molecule has 0 saturated carbocycles. The van der Waals surface area contributed by atoms with Gasteiger partial charge in [0.15, 0.2) is 11.8 Å². The third-order valence-electron chi connectivity index (χ3n) is 4.66. The Morgan fingerprint density at radius 1 is 1.10 bits per heavy atom. The van der Waals surface area contributed by atoms with Gasteiger partial charge in [-0.2, -0.15) is 5.10 Å². The van der Waals surface area contributed by atoms with E-state index >= 15 is 0 Å². The molecule has 164 valence electrons. The second-order valence-electron chi connectivity index (χ2n) is 6.97. The minimum Gasteiger partial charge on any atom is -0.491 e. The third-order valence-corrected chi connectivity index (χ3v) is 4.66. The predicted molar refractivity (Wildman–Crippen MR) is 122 cm³/mol. The summed E-state index contributed by atoms with van der Waals surface area (Å²) in [5.74, 6) is 2.33. The number of rotatable bonds is 10. The van der Waals surface area contributed by atoms with Crippen molar-refractivity contribution >= 4 is 5.96 Å². The number of benzene rings is 2. The molecule has 0 amide bonds. The van der Waals surface area contributed by atoms with Crippen LogP contribution in [0.5, 0.6) is 5.75 Å². The molecule has 0 saturated heterocycles. The Labute approximate surface area is 183 Å². The van der Waals surface area contributed by atoms with Crippen LogP contribution in [-0.4, -0.2) is 48.0 Å². The van der Waals surface area contributed by atoms with Crippen LogP contribution in [0.2, 0.25) is 0 Å². The normalized spacial score (nSPS) is 11.4. The van der Waals surface area contributed by atoms with Crippen LogP contribution < -0.4 is 15.4 Å². The van der Waals surface area contributed by atoms with E-state index in [4.69, 9.17) is 9.47 Å². The van der Waals surface area contributed by atoms with Crippen molar-refractivity contribution in [1.82, 2.24) is 25.8 Å². The number of guanidine groups is 1. The molecule has 3 N–H and O–H groups in total. The van der Waals surface area contributed by atoms with Crippen LogP contribution in [0, 0.1) is 6.92 Å². The standard InChI is InChI=1S/C23H30N6O2/c1-4-30-10-11-31-21-12-17(2)8-9-20(21)15-26-23(24-3)25-14-18-6-5-7-19(13-18)22-27-16-28-29-22/h5-9,12-13,16H,4,10-11,14-15H2,1-3H3,(H2,24,25,26)(H,27,28,29). The first-order valence-electron chi connectivity index (χ1n) is 10.4. The Bertz CT molecular complexity index is 972. The fraction of sp³-hybridized carbons (Fsp3) is 0.348. The van der Waals surface area contributed by atoms with Gasteiger partial charge in [0.25, 0.3) is 0 Å². The number of aromatic amines is 1. The minimum absolute atomic E-state index is 0.527. The third kappa shape index (κ3) is 6.82. The molecule has 3 rings (SSSR count). The summed E-state index contributed by atoms with van der Waals surface area (Å²) < 4.78 is 11.3. The molecule has 1 aromatic heterocycles. The van der Waals surface area contributed by atoms with Gasteiger partial charge < -0.3 is 20.1 Å². The lowest BCUT2D eigenvalue weighted by Crippen LogP contribution is -2.36. The lowest BCUT2D eigenvalue weighted by molar-refractivity contribution is 0.110. The summed E-state index contributed by atoms with van der Waals surface area (Å²) in [6.07, 6.45) is 1.51. The van der Waals surface area contributed by atoms with Gasteiger partial charge in [-0.25, -0.2) is 4.98 Å². The molecule has 0 aliphatic carbocycles. The Balaban J connectivity index is 1.56. The van der Waals surface area contributed by atoms with Crippen molar-refractivity contribution in [2.45, 2.75) is 26.9 Å². The maximum absolute atomic E-state index is 5.92. The van der Waals surface area contributed by atoms with Crippen LogP contribution in [0.25, 0.3) is 11.4 Å². The van der Waals surface area contributed by atoms with E-state index in [1.54, 1.807) is 7.05 Å². The predicted octanol–water partition coefficient (Wildman–Crippen LogP) is 3.06. The van der Waals surface area contributed by atoms with E-state index in [1.807, 2.05) is 25.1 Å². The largest absolute Gasteiger partial charge is 0.491 e. The fourth-order valence-corrected chi connectivity index (χ4v) is 3.06. The van der Waals surface area contributed by atoms with E-state index in [9.17, 15) is 0 Å². The zero-order valence-electron chi connectivity index (χ0n) is 18.3. The van der Waals surface area contributed by atoms with Crippen LogP contribution in [-0.2, 0) is 17.8 Å². The van der Waals surface area contributed by atoms with Crippen molar-refractivity contribution < 1.29 is 9.47 Å². The first kappa shape index (κ1) is 22.3. The van der Waals surface area contributed by atoms with Gasteiger partial charge in [-0.15, -0.1) is 0 Å². The molecule has 0 aliphatic heterocycles. The van der Waals surface area contributed by atoms with Crippen molar-refractivity contribution in [3.8, 4) is 17.1 Å². The van der Waals surface area contributed by atoms with Gasteiger partial charge in [0.05, 0.1) is 6.61 Å². The molecule has 3 aromatic rings. The average molecular weight is 423 g/mol. The van der Waals surface area contributed by atoms with E-state index in [0.717, 1.165) is 33.8 Å².